The smallest absolute Gasteiger partial charge is 0.115 e. The first-order chi connectivity index (χ1) is 15.7. The fraction of sp³-hybridized carbons (Fsp3) is 0.429. The molecule has 1 saturated heterocycles. The number of nitrogens with zero attached hydrogens (tertiary/aromatic N) is 1. The summed E-state index contributed by atoms with van der Waals surface area (Å²) < 4.78 is 5.91. The molecule has 1 aromatic carbocycles. The first-order valence-corrected chi connectivity index (χ1v) is 11.8. The van der Waals surface area contributed by atoms with Crippen LogP contribution < -0.4 is 0 Å². The van der Waals surface area contributed by atoms with Crippen LogP contribution in [0.15, 0.2) is 78.1 Å². The minimum atomic E-state index is 0.173. The second-order valence-electron chi connectivity index (χ2n) is 8.50. The maximum atomic E-state index is 9.76. The maximum absolute atomic E-state index is 9.76. The van der Waals surface area contributed by atoms with E-state index in [9.17, 15) is 10.2 Å². The predicted molar refractivity (Wildman–Crippen MR) is 132 cm³/mol. The van der Waals surface area contributed by atoms with Crippen LogP contribution in [0.2, 0.25) is 0 Å². The van der Waals surface area contributed by atoms with E-state index in [2.05, 4.69) is 41.4 Å². The van der Waals surface area contributed by atoms with E-state index in [1.807, 2.05) is 25.1 Å². The van der Waals surface area contributed by atoms with Crippen LogP contribution in [0, 0.1) is 5.92 Å². The number of phenols is 1. The van der Waals surface area contributed by atoms with E-state index in [0.29, 0.717) is 5.92 Å². The number of hydrogen-bond acceptors (Lipinski definition) is 4. The van der Waals surface area contributed by atoms with E-state index in [1.54, 1.807) is 12.1 Å². The zero-order valence-electron chi connectivity index (χ0n) is 19.2. The van der Waals surface area contributed by atoms with E-state index in [4.69, 9.17) is 4.74 Å². The van der Waals surface area contributed by atoms with Crippen molar-refractivity contribution in [3.8, 4) is 5.75 Å². The number of aliphatic hydroxyl groups excluding tert-OH is 1. The molecule has 3 rings (SSSR count). The van der Waals surface area contributed by atoms with Crippen molar-refractivity contribution in [2.45, 2.75) is 39.0 Å². The Morgan fingerprint density at radius 3 is 2.62 bits per heavy atom. The van der Waals surface area contributed by atoms with Crippen LogP contribution in [0.4, 0.5) is 0 Å². The highest BCUT2D eigenvalue weighted by Crippen LogP contribution is 2.33. The Labute approximate surface area is 192 Å². The predicted octanol–water partition coefficient (Wildman–Crippen LogP) is 5.62. The molecule has 0 bridgehead atoms. The molecule has 1 aromatic rings. The molecule has 0 unspecified atom stereocenters. The summed E-state index contributed by atoms with van der Waals surface area (Å²) in [7, 11) is 0. The monoisotopic (exact) mass is 435 g/mol. The lowest BCUT2D eigenvalue weighted by molar-refractivity contribution is 0.173. The minimum absolute atomic E-state index is 0.173. The summed E-state index contributed by atoms with van der Waals surface area (Å²) in [6.07, 6.45) is 19.9. The lowest BCUT2D eigenvalue weighted by Gasteiger charge is -2.21. The molecular weight excluding hydrogens is 398 g/mol. The molecule has 0 aromatic heterocycles. The number of allylic oxidation sites excluding steroid dienone is 10. The topological polar surface area (TPSA) is 52.9 Å². The van der Waals surface area contributed by atoms with Gasteiger partial charge in [0.2, 0.25) is 0 Å². The number of phenolic OH excluding ortho intramolecular Hbond substituents is 1. The van der Waals surface area contributed by atoms with Crippen molar-refractivity contribution in [1.82, 2.24) is 4.90 Å². The number of hydrogen-bond donors (Lipinski definition) is 2. The first-order valence-electron chi connectivity index (χ1n) is 11.8. The molecule has 1 fully saturated rings. The van der Waals surface area contributed by atoms with Gasteiger partial charge >= 0.3 is 0 Å². The summed E-state index contributed by atoms with van der Waals surface area (Å²) in [4.78, 5) is 2.45. The Morgan fingerprint density at radius 2 is 1.94 bits per heavy atom. The molecule has 32 heavy (non-hydrogen) atoms. The van der Waals surface area contributed by atoms with Gasteiger partial charge in [0.1, 0.15) is 12.4 Å². The van der Waals surface area contributed by atoms with Crippen LogP contribution in [-0.2, 0) is 4.74 Å². The van der Waals surface area contributed by atoms with Crippen LogP contribution >= 0.6 is 0 Å². The van der Waals surface area contributed by atoms with Crippen molar-refractivity contribution in [1.29, 1.82) is 0 Å². The van der Waals surface area contributed by atoms with Gasteiger partial charge in [-0.2, -0.15) is 0 Å². The van der Waals surface area contributed by atoms with Gasteiger partial charge in [0, 0.05) is 19.1 Å². The molecule has 2 N–H and O–H groups in total. The minimum Gasteiger partial charge on any atom is -0.508 e. The quantitative estimate of drug-likeness (QED) is 0.350. The average molecular weight is 436 g/mol. The van der Waals surface area contributed by atoms with Crippen LogP contribution in [0.5, 0.6) is 5.75 Å². The summed E-state index contributed by atoms with van der Waals surface area (Å²) in [6.45, 7) is 6.26. The van der Waals surface area contributed by atoms with Gasteiger partial charge in [-0.15, -0.1) is 0 Å². The van der Waals surface area contributed by atoms with Gasteiger partial charge in [-0.05, 0) is 81.5 Å². The Kier molecular flexibility index (Phi) is 9.86. The molecule has 1 aliphatic carbocycles. The SMILES string of the molecule is C\C(=C/C=C/C(=C(/CCCO)[C@@H]1C=CC=CC1)c1ccc(O)cc1)OCCN1CCCC1. The van der Waals surface area contributed by atoms with Crippen molar-refractivity contribution < 1.29 is 14.9 Å². The highest BCUT2D eigenvalue weighted by atomic mass is 16.5. The normalized spacial score (nSPS) is 20.2. The fourth-order valence-corrected chi connectivity index (χ4v) is 4.33. The van der Waals surface area contributed by atoms with Crippen molar-refractivity contribution >= 4 is 5.57 Å². The van der Waals surface area contributed by atoms with E-state index >= 15 is 0 Å². The third-order valence-corrected chi connectivity index (χ3v) is 6.09. The molecule has 0 spiro atoms. The van der Waals surface area contributed by atoms with Gasteiger partial charge in [-0.1, -0.05) is 54.2 Å². The molecule has 1 heterocycles. The molecular formula is C28H37NO3. The first kappa shape index (κ1) is 24.1. The van der Waals surface area contributed by atoms with Gasteiger partial charge in [0.25, 0.3) is 0 Å². The highest BCUT2D eigenvalue weighted by Gasteiger charge is 2.16. The van der Waals surface area contributed by atoms with Crippen LogP contribution in [-0.4, -0.2) is 48.0 Å². The van der Waals surface area contributed by atoms with Gasteiger partial charge in [0.05, 0.1) is 5.76 Å². The lowest BCUT2D eigenvalue weighted by Crippen LogP contribution is -2.23. The number of benzene rings is 1. The molecule has 1 aliphatic heterocycles. The molecule has 0 amide bonds. The van der Waals surface area contributed by atoms with Crippen molar-refractivity contribution in [2.24, 2.45) is 5.92 Å². The Bertz CT molecular complexity index is 855. The number of aromatic hydroxyl groups is 1. The summed E-state index contributed by atoms with van der Waals surface area (Å²) in [5, 5.41) is 19.2. The molecule has 0 saturated carbocycles. The molecule has 2 aliphatic rings. The second-order valence-corrected chi connectivity index (χ2v) is 8.50. The third-order valence-electron chi connectivity index (χ3n) is 6.09. The average Bonchev–Trinajstić information content (AvgIpc) is 3.33. The van der Waals surface area contributed by atoms with E-state index in [0.717, 1.165) is 49.3 Å². The Balaban J connectivity index is 1.79. The third kappa shape index (κ3) is 7.54. The molecule has 172 valence electrons. The van der Waals surface area contributed by atoms with Crippen LogP contribution in [0.1, 0.15) is 44.6 Å². The van der Waals surface area contributed by atoms with Crippen molar-refractivity contribution in [3.05, 3.63) is 83.7 Å². The van der Waals surface area contributed by atoms with Gasteiger partial charge in [-0.3, -0.25) is 4.90 Å². The summed E-state index contributed by atoms with van der Waals surface area (Å²) in [5.41, 5.74) is 3.52. The Hall–Kier alpha value is -2.56. The lowest BCUT2D eigenvalue weighted by atomic mass is 9.83. The van der Waals surface area contributed by atoms with Crippen molar-refractivity contribution in [3.63, 3.8) is 0 Å². The Morgan fingerprint density at radius 1 is 1.16 bits per heavy atom. The standard InChI is InChI=1S/C28H37NO3/c1-23(32-22-20-29-18-5-6-19-29)9-7-12-27(25-14-16-26(31)17-15-25)28(13-8-21-30)24-10-3-2-4-11-24/h2-4,7,9-10,12,14-17,24,30-31H,5-6,8,11,13,18-22H2,1H3/b12-7+,23-9+,28-27+/t24-/m1/s1. The second kappa shape index (κ2) is 13.1. The zero-order chi connectivity index (χ0) is 22.6. The highest BCUT2D eigenvalue weighted by molar-refractivity contribution is 5.78. The zero-order valence-corrected chi connectivity index (χ0v) is 19.2. The number of likely N-dealkylation sites (tertiary alicyclic amines) is 1. The molecule has 4 heteroatoms. The van der Waals surface area contributed by atoms with Gasteiger partial charge in [-0.25, -0.2) is 0 Å². The summed E-state index contributed by atoms with van der Waals surface area (Å²) >= 11 is 0. The fourth-order valence-electron chi connectivity index (χ4n) is 4.33. The maximum Gasteiger partial charge on any atom is 0.115 e. The van der Waals surface area contributed by atoms with E-state index in [-0.39, 0.29) is 12.4 Å². The largest absolute Gasteiger partial charge is 0.508 e. The van der Waals surface area contributed by atoms with E-state index in [1.165, 1.54) is 31.5 Å². The van der Waals surface area contributed by atoms with Crippen LogP contribution in [0.3, 0.4) is 0 Å². The van der Waals surface area contributed by atoms with E-state index < -0.39 is 0 Å². The number of ether oxygens (including phenoxy) is 1. The molecule has 4 nitrogen and oxygen atoms in total. The summed E-state index contributed by atoms with van der Waals surface area (Å²) in [5.74, 6) is 1.47. The van der Waals surface area contributed by atoms with Gasteiger partial charge < -0.3 is 14.9 Å². The van der Waals surface area contributed by atoms with Crippen LogP contribution in [0.25, 0.3) is 5.57 Å². The summed E-state index contributed by atoms with van der Waals surface area (Å²) in [6, 6.07) is 7.37. The van der Waals surface area contributed by atoms with Crippen molar-refractivity contribution in [2.75, 3.05) is 32.8 Å². The number of rotatable bonds is 11. The molecule has 1 atom stereocenters. The number of aliphatic hydroxyl groups is 1. The molecule has 0 radical (unpaired) electrons. The van der Waals surface area contributed by atoms with Gasteiger partial charge in [0.15, 0.2) is 0 Å².